The van der Waals surface area contributed by atoms with Crippen LogP contribution in [0, 0.1) is 0 Å². The summed E-state index contributed by atoms with van der Waals surface area (Å²) in [6, 6.07) is 17.9. The number of aryl methyl sites for hydroxylation is 1. The van der Waals surface area contributed by atoms with Crippen LogP contribution in [0.3, 0.4) is 0 Å². The number of rotatable bonds is 4. The lowest BCUT2D eigenvalue weighted by molar-refractivity contribution is 0.0785. The molecule has 0 saturated carbocycles. The van der Waals surface area contributed by atoms with Crippen molar-refractivity contribution < 1.29 is 4.79 Å². The van der Waals surface area contributed by atoms with Gasteiger partial charge in [0.15, 0.2) is 0 Å². The molecule has 4 nitrogen and oxygen atoms in total. The highest BCUT2D eigenvalue weighted by molar-refractivity contribution is 5.94. The van der Waals surface area contributed by atoms with Crippen molar-refractivity contribution in [3.8, 4) is 11.1 Å². The number of nitrogens with zero attached hydrogens (tertiary/aromatic N) is 3. The van der Waals surface area contributed by atoms with Gasteiger partial charge in [0, 0.05) is 38.0 Å². The third-order valence-electron chi connectivity index (χ3n) is 3.76. The molecule has 1 heterocycles. The molecule has 3 rings (SSSR count). The highest BCUT2D eigenvalue weighted by Crippen LogP contribution is 2.20. The summed E-state index contributed by atoms with van der Waals surface area (Å²) in [6.07, 6.45) is 3.70. The fourth-order valence-electron chi connectivity index (χ4n) is 2.56. The molecule has 0 N–H and O–H groups in total. The number of hydrogen-bond donors (Lipinski definition) is 0. The second-order valence-electron chi connectivity index (χ2n) is 5.63. The van der Waals surface area contributed by atoms with Crippen LogP contribution in [-0.2, 0) is 13.6 Å². The fraction of sp³-hybridized carbons (Fsp3) is 0.158. The summed E-state index contributed by atoms with van der Waals surface area (Å²) in [5, 5.41) is 4.13. The molecule has 4 heteroatoms. The maximum Gasteiger partial charge on any atom is 0.253 e. The first-order chi connectivity index (χ1) is 11.1. The van der Waals surface area contributed by atoms with Crippen LogP contribution < -0.4 is 0 Å². The van der Waals surface area contributed by atoms with Crippen molar-refractivity contribution in [2.45, 2.75) is 6.54 Å². The Bertz CT molecular complexity index is 791. The molecule has 0 aliphatic carbocycles. The van der Waals surface area contributed by atoms with Gasteiger partial charge < -0.3 is 4.90 Å². The minimum atomic E-state index is 0.00784. The van der Waals surface area contributed by atoms with Gasteiger partial charge in [0.05, 0.1) is 6.20 Å². The Morgan fingerprint density at radius 1 is 1.04 bits per heavy atom. The lowest BCUT2D eigenvalue weighted by Crippen LogP contribution is -2.25. The SMILES string of the molecule is CN(Cc1cnn(C)c1)C(=O)c1ccc(-c2ccccc2)cc1. The Hall–Kier alpha value is -2.88. The van der Waals surface area contributed by atoms with Crippen molar-refractivity contribution in [1.29, 1.82) is 0 Å². The summed E-state index contributed by atoms with van der Waals surface area (Å²) in [5.41, 5.74) is 3.97. The molecular formula is C19H19N3O. The first-order valence-electron chi connectivity index (χ1n) is 7.52. The Kier molecular flexibility index (Phi) is 4.24. The van der Waals surface area contributed by atoms with E-state index in [9.17, 15) is 4.79 Å². The van der Waals surface area contributed by atoms with Crippen LogP contribution in [0.25, 0.3) is 11.1 Å². The number of aromatic nitrogens is 2. The molecular weight excluding hydrogens is 286 g/mol. The van der Waals surface area contributed by atoms with Crippen molar-refractivity contribution >= 4 is 5.91 Å². The average molecular weight is 305 g/mol. The predicted molar refractivity (Wildman–Crippen MR) is 90.9 cm³/mol. The summed E-state index contributed by atoms with van der Waals surface area (Å²) < 4.78 is 1.74. The van der Waals surface area contributed by atoms with Gasteiger partial charge in [0.1, 0.15) is 0 Å². The summed E-state index contributed by atoms with van der Waals surface area (Å²) in [7, 11) is 3.67. The van der Waals surface area contributed by atoms with Crippen LogP contribution in [0.5, 0.6) is 0 Å². The van der Waals surface area contributed by atoms with Gasteiger partial charge in [0.2, 0.25) is 0 Å². The molecule has 0 fully saturated rings. The average Bonchev–Trinajstić information content (AvgIpc) is 3.00. The minimum Gasteiger partial charge on any atom is -0.337 e. The van der Waals surface area contributed by atoms with E-state index in [2.05, 4.69) is 17.2 Å². The van der Waals surface area contributed by atoms with Crippen molar-refractivity contribution in [2.24, 2.45) is 7.05 Å². The fourth-order valence-corrected chi connectivity index (χ4v) is 2.56. The number of carbonyl (C=O) groups is 1. The number of carbonyl (C=O) groups excluding carboxylic acids is 1. The van der Waals surface area contributed by atoms with Gasteiger partial charge in [-0.3, -0.25) is 9.48 Å². The third kappa shape index (κ3) is 3.48. The molecule has 0 radical (unpaired) electrons. The smallest absolute Gasteiger partial charge is 0.253 e. The largest absolute Gasteiger partial charge is 0.337 e. The Morgan fingerprint density at radius 3 is 2.30 bits per heavy atom. The van der Waals surface area contributed by atoms with Crippen molar-refractivity contribution in [2.75, 3.05) is 7.05 Å². The van der Waals surface area contributed by atoms with E-state index in [4.69, 9.17) is 0 Å². The Labute approximate surface area is 136 Å². The van der Waals surface area contributed by atoms with E-state index in [0.29, 0.717) is 12.1 Å². The monoisotopic (exact) mass is 305 g/mol. The molecule has 1 amide bonds. The molecule has 1 aromatic heterocycles. The van der Waals surface area contributed by atoms with Crippen molar-refractivity contribution in [3.63, 3.8) is 0 Å². The number of amides is 1. The second kappa shape index (κ2) is 6.48. The summed E-state index contributed by atoms with van der Waals surface area (Å²) in [5.74, 6) is 0.00784. The number of hydrogen-bond acceptors (Lipinski definition) is 2. The topological polar surface area (TPSA) is 38.1 Å². The summed E-state index contributed by atoms with van der Waals surface area (Å²) >= 11 is 0. The standard InChI is InChI=1S/C19H19N3O/c1-21(13-15-12-20-22(2)14-15)19(23)18-10-8-17(9-11-18)16-6-4-3-5-7-16/h3-12,14H,13H2,1-2H3. The van der Waals surface area contributed by atoms with E-state index in [1.807, 2.05) is 55.7 Å². The van der Waals surface area contributed by atoms with Gasteiger partial charge in [-0.2, -0.15) is 5.10 Å². The first kappa shape index (κ1) is 15.0. The van der Waals surface area contributed by atoms with Gasteiger partial charge in [0.25, 0.3) is 5.91 Å². The first-order valence-corrected chi connectivity index (χ1v) is 7.52. The molecule has 0 aliphatic heterocycles. The quantitative estimate of drug-likeness (QED) is 0.741. The van der Waals surface area contributed by atoms with Gasteiger partial charge in [-0.05, 0) is 23.3 Å². The summed E-state index contributed by atoms with van der Waals surface area (Å²) in [4.78, 5) is 14.2. The third-order valence-corrected chi connectivity index (χ3v) is 3.76. The van der Waals surface area contributed by atoms with E-state index in [0.717, 1.165) is 16.7 Å². The van der Waals surface area contributed by atoms with Gasteiger partial charge in [-0.1, -0.05) is 42.5 Å². The maximum atomic E-state index is 12.5. The summed E-state index contributed by atoms with van der Waals surface area (Å²) in [6.45, 7) is 0.549. The Balaban J connectivity index is 1.72. The molecule has 23 heavy (non-hydrogen) atoms. The molecule has 0 atom stereocenters. The molecule has 0 spiro atoms. The van der Waals surface area contributed by atoms with Gasteiger partial charge in [-0.15, -0.1) is 0 Å². The van der Waals surface area contributed by atoms with Crippen LogP contribution in [-0.4, -0.2) is 27.6 Å². The predicted octanol–water partition coefficient (Wildman–Crippen LogP) is 3.36. The second-order valence-corrected chi connectivity index (χ2v) is 5.63. The van der Waals surface area contributed by atoms with Crippen LogP contribution in [0.4, 0.5) is 0 Å². The molecule has 0 saturated heterocycles. The highest BCUT2D eigenvalue weighted by atomic mass is 16.2. The van der Waals surface area contributed by atoms with Crippen LogP contribution >= 0.6 is 0 Å². The number of benzene rings is 2. The molecule has 0 unspecified atom stereocenters. The van der Waals surface area contributed by atoms with E-state index >= 15 is 0 Å². The van der Waals surface area contributed by atoms with E-state index in [-0.39, 0.29) is 5.91 Å². The zero-order chi connectivity index (χ0) is 16.2. The van der Waals surface area contributed by atoms with Crippen molar-refractivity contribution in [3.05, 3.63) is 78.1 Å². The minimum absolute atomic E-state index is 0.00784. The maximum absolute atomic E-state index is 12.5. The normalized spacial score (nSPS) is 10.5. The van der Waals surface area contributed by atoms with E-state index in [1.54, 1.807) is 22.8 Å². The van der Waals surface area contributed by atoms with Crippen molar-refractivity contribution in [1.82, 2.24) is 14.7 Å². The molecule has 3 aromatic rings. The lowest BCUT2D eigenvalue weighted by Gasteiger charge is -2.16. The Morgan fingerprint density at radius 2 is 1.70 bits per heavy atom. The zero-order valence-corrected chi connectivity index (χ0v) is 13.3. The van der Waals surface area contributed by atoms with Crippen LogP contribution in [0.2, 0.25) is 0 Å². The van der Waals surface area contributed by atoms with Crippen LogP contribution in [0.1, 0.15) is 15.9 Å². The van der Waals surface area contributed by atoms with Gasteiger partial charge in [-0.25, -0.2) is 0 Å². The van der Waals surface area contributed by atoms with E-state index in [1.165, 1.54) is 0 Å². The molecule has 0 aliphatic rings. The molecule has 116 valence electrons. The molecule has 2 aromatic carbocycles. The van der Waals surface area contributed by atoms with E-state index < -0.39 is 0 Å². The van der Waals surface area contributed by atoms with Gasteiger partial charge >= 0.3 is 0 Å². The highest BCUT2D eigenvalue weighted by Gasteiger charge is 2.12. The zero-order valence-electron chi connectivity index (χ0n) is 13.3. The molecule has 0 bridgehead atoms. The van der Waals surface area contributed by atoms with Crippen LogP contribution in [0.15, 0.2) is 67.0 Å². The lowest BCUT2D eigenvalue weighted by atomic mass is 10.0.